The Hall–Kier alpha value is -2.85. The number of hydrogen-bond acceptors (Lipinski definition) is 8. The lowest BCUT2D eigenvalue weighted by Gasteiger charge is -2.39. The number of nitrogens with zero attached hydrogens (tertiary/aromatic N) is 2. The molecule has 194 valence electrons. The van der Waals surface area contributed by atoms with Crippen LogP contribution in [0.1, 0.15) is 81.6 Å². The summed E-state index contributed by atoms with van der Waals surface area (Å²) in [6, 6.07) is -0.933. The number of rotatable bonds is 7. The lowest BCUT2D eigenvalue weighted by molar-refractivity contribution is -0.140. The number of hydrogen-bond donors (Lipinski definition) is 2. The summed E-state index contributed by atoms with van der Waals surface area (Å²) in [7, 11) is 0. The first kappa shape index (κ1) is 29.2. The number of hydrazone groups is 1. The van der Waals surface area contributed by atoms with E-state index in [-0.39, 0.29) is 18.7 Å². The van der Waals surface area contributed by atoms with E-state index in [4.69, 9.17) is 14.2 Å². The molecular weight excluding hydrogens is 444 g/mol. The Morgan fingerprint density at radius 2 is 1.44 bits per heavy atom. The highest BCUT2D eigenvalue weighted by Gasteiger charge is 2.42. The molecule has 0 radical (unpaired) electrons. The normalized spacial score (nSPS) is 18.6. The van der Waals surface area contributed by atoms with Crippen molar-refractivity contribution < 1.29 is 33.4 Å². The van der Waals surface area contributed by atoms with Crippen LogP contribution >= 0.6 is 0 Å². The van der Waals surface area contributed by atoms with Crippen molar-refractivity contribution in [1.82, 2.24) is 15.6 Å². The minimum atomic E-state index is -1.12. The molecule has 0 aromatic heterocycles. The molecule has 34 heavy (non-hydrogen) atoms. The molecule has 2 atom stereocenters. The van der Waals surface area contributed by atoms with Crippen molar-refractivity contribution in [3.05, 3.63) is 0 Å². The molecule has 0 fully saturated rings. The molecule has 1 heterocycles. The van der Waals surface area contributed by atoms with E-state index in [1.807, 2.05) is 13.8 Å². The van der Waals surface area contributed by atoms with Crippen molar-refractivity contribution in [1.29, 1.82) is 0 Å². The Labute approximate surface area is 201 Å². The number of ether oxygens (including phenoxy) is 3. The molecule has 1 aliphatic rings. The largest absolute Gasteiger partial charge is 0.461 e. The number of esters is 1. The SMILES string of the molecule is CCOC(=O)C1=NN(C(=O)C(CC)CC)C(NC(=O)OC(C)(C)C)C(NC(=O)OC(C)(C)C)C1. The molecule has 0 saturated carbocycles. The first-order valence-electron chi connectivity index (χ1n) is 11.7. The fourth-order valence-electron chi connectivity index (χ4n) is 3.25. The van der Waals surface area contributed by atoms with Crippen LogP contribution in [0.25, 0.3) is 0 Å². The maximum absolute atomic E-state index is 13.4. The second-order valence-electron chi connectivity index (χ2n) is 10.0. The number of alkyl carbamates (subject to hydrolysis) is 2. The molecule has 0 saturated heterocycles. The molecule has 0 aliphatic carbocycles. The number of carbonyl (C=O) groups excluding carboxylic acids is 4. The van der Waals surface area contributed by atoms with Crippen LogP contribution in [0, 0.1) is 5.92 Å². The molecule has 0 aromatic rings. The van der Waals surface area contributed by atoms with Gasteiger partial charge in [-0.15, -0.1) is 0 Å². The van der Waals surface area contributed by atoms with Crippen molar-refractivity contribution in [2.75, 3.05) is 6.61 Å². The van der Waals surface area contributed by atoms with Gasteiger partial charge in [-0.05, 0) is 61.3 Å². The highest BCUT2D eigenvalue weighted by atomic mass is 16.6. The van der Waals surface area contributed by atoms with Gasteiger partial charge in [0.05, 0.1) is 12.6 Å². The van der Waals surface area contributed by atoms with Crippen molar-refractivity contribution in [2.24, 2.45) is 11.0 Å². The standard InChI is InChI=1S/C23H40N4O7/c1-10-14(11-2)18(28)27-17(25-21(31)34-23(7,8)9)15(24-20(30)33-22(4,5)6)13-16(26-27)19(29)32-12-3/h14-15,17H,10-13H2,1-9H3,(H,24,30)(H,25,31). The quantitative estimate of drug-likeness (QED) is 0.418. The van der Waals surface area contributed by atoms with E-state index in [9.17, 15) is 19.2 Å². The number of nitrogens with one attached hydrogen (secondary N) is 2. The minimum Gasteiger partial charge on any atom is -0.461 e. The van der Waals surface area contributed by atoms with Crippen LogP contribution in [0.3, 0.4) is 0 Å². The molecule has 2 unspecified atom stereocenters. The first-order valence-corrected chi connectivity index (χ1v) is 11.7. The third-order valence-electron chi connectivity index (χ3n) is 4.72. The molecule has 1 rings (SSSR count). The second-order valence-corrected chi connectivity index (χ2v) is 10.0. The summed E-state index contributed by atoms with van der Waals surface area (Å²) < 4.78 is 15.8. The molecule has 11 nitrogen and oxygen atoms in total. The van der Waals surface area contributed by atoms with E-state index in [0.29, 0.717) is 12.8 Å². The van der Waals surface area contributed by atoms with Crippen LogP contribution in [0.5, 0.6) is 0 Å². The smallest absolute Gasteiger partial charge is 0.409 e. The summed E-state index contributed by atoms with van der Waals surface area (Å²) in [5.74, 6) is -1.52. The van der Waals surface area contributed by atoms with Gasteiger partial charge in [-0.2, -0.15) is 5.10 Å². The summed E-state index contributed by atoms with van der Waals surface area (Å²) in [6.07, 6.45) is -1.72. The van der Waals surface area contributed by atoms with E-state index >= 15 is 0 Å². The Morgan fingerprint density at radius 1 is 0.941 bits per heavy atom. The fourth-order valence-corrected chi connectivity index (χ4v) is 3.25. The molecule has 3 amide bonds. The van der Waals surface area contributed by atoms with Crippen LogP contribution < -0.4 is 10.6 Å². The van der Waals surface area contributed by atoms with Gasteiger partial charge in [0, 0.05) is 12.3 Å². The molecule has 2 N–H and O–H groups in total. The molecule has 0 spiro atoms. The van der Waals surface area contributed by atoms with Gasteiger partial charge >= 0.3 is 18.2 Å². The minimum absolute atomic E-state index is 0.0514. The lowest BCUT2D eigenvalue weighted by atomic mass is 9.99. The summed E-state index contributed by atoms with van der Waals surface area (Å²) in [5.41, 5.74) is -1.63. The summed E-state index contributed by atoms with van der Waals surface area (Å²) in [5, 5.41) is 10.6. The zero-order valence-corrected chi connectivity index (χ0v) is 21.8. The fraction of sp³-hybridized carbons (Fsp3) is 0.783. The van der Waals surface area contributed by atoms with Gasteiger partial charge in [-0.3, -0.25) is 10.1 Å². The first-order chi connectivity index (χ1) is 15.6. The van der Waals surface area contributed by atoms with Gasteiger partial charge < -0.3 is 19.5 Å². The van der Waals surface area contributed by atoms with Crippen LogP contribution in [-0.4, -0.2) is 64.8 Å². The molecule has 0 aromatic carbocycles. The molecular formula is C23H40N4O7. The third-order valence-corrected chi connectivity index (χ3v) is 4.72. The average Bonchev–Trinajstić information content (AvgIpc) is 2.67. The summed E-state index contributed by atoms with van der Waals surface area (Å²) in [4.78, 5) is 51.1. The van der Waals surface area contributed by atoms with E-state index in [2.05, 4.69) is 15.7 Å². The summed E-state index contributed by atoms with van der Waals surface area (Å²) in [6.45, 7) is 15.7. The van der Waals surface area contributed by atoms with Crippen molar-refractivity contribution in [3.8, 4) is 0 Å². The second kappa shape index (κ2) is 12.0. The van der Waals surface area contributed by atoms with Gasteiger partial charge in [-0.25, -0.2) is 19.4 Å². The highest BCUT2D eigenvalue weighted by Crippen LogP contribution is 2.22. The number of carbonyl (C=O) groups is 4. The Morgan fingerprint density at radius 3 is 1.88 bits per heavy atom. The molecule has 1 aliphatic heterocycles. The zero-order chi connectivity index (χ0) is 26.3. The van der Waals surface area contributed by atoms with Gasteiger partial charge in [0.25, 0.3) is 0 Å². The van der Waals surface area contributed by atoms with E-state index in [1.54, 1.807) is 48.5 Å². The van der Waals surface area contributed by atoms with Gasteiger partial charge in [0.1, 0.15) is 23.1 Å². The average molecular weight is 485 g/mol. The summed E-state index contributed by atoms with van der Waals surface area (Å²) >= 11 is 0. The van der Waals surface area contributed by atoms with Crippen LogP contribution in [0.15, 0.2) is 5.10 Å². The van der Waals surface area contributed by atoms with Gasteiger partial charge in [0.15, 0.2) is 0 Å². The maximum atomic E-state index is 13.4. The highest BCUT2D eigenvalue weighted by molar-refractivity contribution is 6.36. The van der Waals surface area contributed by atoms with E-state index < -0.39 is 53.4 Å². The topological polar surface area (TPSA) is 136 Å². The van der Waals surface area contributed by atoms with Crippen molar-refractivity contribution in [2.45, 2.75) is 105 Å². The van der Waals surface area contributed by atoms with Crippen molar-refractivity contribution in [3.63, 3.8) is 0 Å². The zero-order valence-electron chi connectivity index (χ0n) is 21.8. The number of amides is 3. The Balaban J connectivity index is 3.44. The van der Waals surface area contributed by atoms with Crippen LogP contribution in [0.4, 0.5) is 9.59 Å². The molecule has 11 heteroatoms. The predicted molar refractivity (Wildman–Crippen MR) is 126 cm³/mol. The third kappa shape index (κ3) is 9.18. The molecule has 0 bridgehead atoms. The Kier molecular flexibility index (Phi) is 10.3. The van der Waals surface area contributed by atoms with E-state index in [1.165, 1.54) is 0 Å². The van der Waals surface area contributed by atoms with Crippen LogP contribution in [0.2, 0.25) is 0 Å². The lowest BCUT2D eigenvalue weighted by Crippen LogP contribution is -2.64. The Bertz CT molecular complexity index is 779. The maximum Gasteiger partial charge on any atom is 0.409 e. The van der Waals surface area contributed by atoms with Gasteiger partial charge in [-0.1, -0.05) is 13.8 Å². The van der Waals surface area contributed by atoms with Gasteiger partial charge in [0.2, 0.25) is 5.91 Å². The monoisotopic (exact) mass is 484 g/mol. The van der Waals surface area contributed by atoms with Crippen LogP contribution in [-0.2, 0) is 23.8 Å². The predicted octanol–water partition coefficient (Wildman–Crippen LogP) is 3.32. The van der Waals surface area contributed by atoms with E-state index in [0.717, 1.165) is 5.01 Å². The van der Waals surface area contributed by atoms with Crippen molar-refractivity contribution >= 4 is 29.8 Å².